The van der Waals surface area contributed by atoms with E-state index in [1.54, 1.807) is 0 Å². The van der Waals surface area contributed by atoms with Crippen molar-refractivity contribution in [1.82, 2.24) is 4.98 Å². The molecule has 0 spiro atoms. The first kappa shape index (κ1) is 17.1. The summed E-state index contributed by atoms with van der Waals surface area (Å²) in [7, 11) is 0.917. The molecule has 0 atom stereocenters. The van der Waals surface area contributed by atoms with Crippen molar-refractivity contribution in [1.29, 1.82) is 0 Å². The third-order valence-corrected chi connectivity index (χ3v) is 3.72. The zero-order valence-corrected chi connectivity index (χ0v) is 15.5. The fourth-order valence-corrected chi connectivity index (χ4v) is 2.56. The van der Waals surface area contributed by atoms with E-state index >= 15 is 0 Å². The van der Waals surface area contributed by atoms with Crippen molar-refractivity contribution >= 4 is 47.2 Å². The van der Waals surface area contributed by atoms with Gasteiger partial charge >= 0.3 is 0 Å². The van der Waals surface area contributed by atoms with Crippen LogP contribution >= 0.6 is 15.9 Å². The molecule has 110 valence electrons. The Balaban J connectivity index is 0.000000545. The van der Waals surface area contributed by atoms with Gasteiger partial charge in [-0.05, 0) is 29.3 Å². The lowest BCUT2D eigenvalue weighted by Gasteiger charge is -2.06. The number of hydrogen-bond acceptors (Lipinski definition) is 3. The van der Waals surface area contributed by atoms with Crippen LogP contribution in [-0.2, 0) is 31.3 Å². The van der Waals surface area contributed by atoms with Gasteiger partial charge in [-0.15, -0.1) is 0 Å². The minimum Gasteiger partial charge on any atom is -0.256 e. The molecule has 0 unspecified atom stereocenters. The average Bonchev–Trinajstić information content (AvgIpc) is 2.57. The molecule has 5 heteroatoms. The van der Waals surface area contributed by atoms with Gasteiger partial charge in [-0.2, -0.15) is 0 Å². The first-order chi connectivity index (χ1) is 10.8. The fourth-order valence-electron chi connectivity index (χ4n) is 2.05. The summed E-state index contributed by atoms with van der Waals surface area (Å²) in [5.74, 6) is 0. The third kappa shape index (κ3) is 4.61. The normalized spacial score (nSPS) is 9.50. The number of benzene rings is 2. The monoisotopic (exact) mass is 405 g/mol. The lowest BCUT2D eigenvalue weighted by Crippen LogP contribution is -1.83. The highest BCUT2D eigenvalue weighted by atomic mass is 79.9. The summed E-state index contributed by atoms with van der Waals surface area (Å²) in [5.41, 5.74) is 4.54. The smallest absolute Gasteiger partial charge is 0.0701 e. The van der Waals surface area contributed by atoms with Crippen molar-refractivity contribution < 1.29 is 0 Å². The Hall–Kier alpha value is -1.27. The Morgan fingerprint density at radius 2 is 1.36 bits per heavy atom. The van der Waals surface area contributed by atoms with Gasteiger partial charge < -0.3 is 0 Å². The van der Waals surface area contributed by atoms with E-state index in [0.29, 0.717) is 0 Å². The molecule has 2 aromatic carbocycles. The largest absolute Gasteiger partial charge is 0.256 e. The first-order valence-corrected chi connectivity index (χ1v) is 9.90. The van der Waals surface area contributed by atoms with Gasteiger partial charge in [-0.1, -0.05) is 64.5 Å². The Kier molecular flexibility index (Phi) is 6.99. The lowest BCUT2D eigenvalue weighted by atomic mass is 10.0. The summed E-state index contributed by atoms with van der Waals surface area (Å²) in [6.45, 7) is 0. The molecule has 3 aromatic rings. The number of rotatable bonds is 2. The van der Waals surface area contributed by atoms with E-state index < -0.39 is 0 Å². The van der Waals surface area contributed by atoms with Crippen molar-refractivity contribution in [3.05, 3.63) is 77.4 Å². The molecule has 1 nitrogen and oxygen atoms in total. The number of hydrogen-bond donors (Lipinski definition) is 0. The van der Waals surface area contributed by atoms with Crippen LogP contribution in [0.4, 0.5) is 0 Å². The molecule has 0 saturated carbocycles. The SMILES string of the molecule is Brc1ccccc1-c1ccc(-c2ccccn2)cc1.S=S=S. The second-order valence-corrected chi connectivity index (χ2v) is 6.96. The molecule has 0 saturated heterocycles. The van der Waals surface area contributed by atoms with Gasteiger partial charge in [0.2, 0.25) is 0 Å². The summed E-state index contributed by atoms with van der Waals surface area (Å²) in [5, 5.41) is 0. The summed E-state index contributed by atoms with van der Waals surface area (Å²) in [6.07, 6.45) is 1.82. The number of halogens is 1. The summed E-state index contributed by atoms with van der Waals surface area (Å²) in [6, 6.07) is 22.7. The lowest BCUT2D eigenvalue weighted by molar-refractivity contribution is 1.33. The van der Waals surface area contributed by atoms with Crippen LogP contribution < -0.4 is 0 Å². The number of nitrogens with zero attached hydrogens (tertiary/aromatic N) is 1. The zero-order valence-electron chi connectivity index (χ0n) is 11.5. The van der Waals surface area contributed by atoms with E-state index in [9.17, 15) is 0 Å². The molecule has 0 bridgehead atoms. The van der Waals surface area contributed by atoms with E-state index in [2.05, 4.69) is 79.7 Å². The predicted octanol–water partition coefficient (Wildman–Crippen LogP) is 5.17. The Bertz CT molecular complexity index is 767. The van der Waals surface area contributed by atoms with Gasteiger partial charge in [0.25, 0.3) is 0 Å². The molecule has 0 aliphatic heterocycles. The molecular formula is C17H12BrNS3. The predicted molar refractivity (Wildman–Crippen MR) is 105 cm³/mol. The zero-order chi connectivity index (χ0) is 15.8. The number of aromatic nitrogens is 1. The molecule has 0 fully saturated rings. The first-order valence-electron chi connectivity index (χ1n) is 6.44. The van der Waals surface area contributed by atoms with Gasteiger partial charge in [0.15, 0.2) is 0 Å². The molecule has 0 aliphatic carbocycles. The molecule has 0 N–H and O–H groups in total. The highest BCUT2D eigenvalue weighted by Crippen LogP contribution is 2.29. The van der Waals surface area contributed by atoms with Crippen LogP contribution in [0.25, 0.3) is 22.4 Å². The minimum absolute atomic E-state index is 0.917. The van der Waals surface area contributed by atoms with Crippen LogP contribution in [0.1, 0.15) is 0 Å². The van der Waals surface area contributed by atoms with Crippen molar-refractivity contribution in [2.24, 2.45) is 0 Å². The maximum absolute atomic E-state index is 4.36. The van der Waals surface area contributed by atoms with E-state index in [-0.39, 0.29) is 0 Å². The number of pyridine rings is 1. The van der Waals surface area contributed by atoms with E-state index in [1.807, 2.05) is 36.5 Å². The standard InChI is InChI=1S/C17H12BrN.S3/c18-16-6-2-1-5-15(16)13-8-10-14(11-9-13)17-7-3-4-12-19-17;1-3-2/h1-12H;. The highest BCUT2D eigenvalue weighted by molar-refractivity contribution is 9.10. The quantitative estimate of drug-likeness (QED) is 0.583. The van der Waals surface area contributed by atoms with E-state index in [4.69, 9.17) is 0 Å². The molecular weight excluding hydrogens is 394 g/mol. The second-order valence-electron chi connectivity index (χ2n) is 4.34. The van der Waals surface area contributed by atoms with Crippen LogP contribution in [0, 0.1) is 0 Å². The maximum Gasteiger partial charge on any atom is 0.0701 e. The Labute approximate surface area is 151 Å². The van der Waals surface area contributed by atoms with Crippen LogP contribution in [0.15, 0.2) is 77.4 Å². The molecule has 1 aromatic heterocycles. The van der Waals surface area contributed by atoms with E-state index in [0.717, 1.165) is 24.6 Å². The maximum atomic E-state index is 4.36. The molecule has 1 heterocycles. The topological polar surface area (TPSA) is 12.9 Å². The van der Waals surface area contributed by atoms with E-state index in [1.165, 1.54) is 11.1 Å². The molecule has 0 aliphatic rings. The fraction of sp³-hybridized carbons (Fsp3) is 0. The minimum atomic E-state index is 0.917. The average molecular weight is 406 g/mol. The highest BCUT2D eigenvalue weighted by Gasteiger charge is 2.03. The summed E-state index contributed by atoms with van der Waals surface area (Å²) < 4.78 is 1.11. The van der Waals surface area contributed by atoms with Crippen molar-refractivity contribution in [2.45, 2.75) is 0 Å². The van der Waals surface area contributed by atoms with Gasteiger partial charge in [-0.3, -0.25) is 4.98 Å². The third-order valence-electron chi connectivity index (χ3n) is 3.03. The summed E-state index contributed by atoms with van der Waals surface area (Å²) in [4.78, 5) is 4.36. The summed E-state index contributed by atoms with van der Waals surface area (Å²) >= 11 is 11.8. The van der Waals surface area contributed by atoms with Crippen LogP contribution in [0.2, 0.25) is 0 Å². The van der Waals surface area contributed by atoms with Crippen LogP contribution in [0.5, 0.6) is 0 Å². The van der Waals surface area contributed by atoms with Crippen LogP contribution in [0.3, 0.4) is 0 Å². The van der Waals surface area contributed by atoms with Gasteiger partial charge in [0.05, 0.1) is 5.69 Å². The van der Waals surface area contributed by atoms with Crippen LogP contribution in [-0.4, -0.2) is 4.98 Å². The van der Waals surface area contributed by atoms with Gasteiger partial charge in [0.1, 0.15) is 0 Å². The molecule has 0 radical (unpaired) electrons. The molecule has 0 amide bonds. The Morgan fingerprint density at radius 3 is 1.95 bits per heavy atom. The molecule has 22 heavy (non-hydrogen) atoms. The second kappa shape index (κ2) is 9.00. The van der Waals surface area contributed by atoms with Crippen molar-refractivity contribution in [2.75, 3.05) is 0 Å². The Morgan fingerprint density at radius 1 is 0.773 bits per heavy atom. The van der Waals surface area contributed by atoms with Gasteiger partial charge in [0, 0.05) is 47.5 Å². The van der Waals surface area contributed by atoms with Gasteiger partial charge in [-0.25, -0.2) is 0 Å². The van der Waals surface area contributed by atoms with Crippen molar-refractivity contribution in [3.8, 4) is 22.4 Å². The van der Waals surface area contributed by atoms with Crippen molar-refractivity contribution in [3.63, 3.8) is 0 Å². The molecule has 3 rings (SSSR count).